The van der Waals surface area contributed by atoms with Crippen molar-refractivity contribution < 1.29 is 0 Å². The summed E-state index contributed by atoms with van der Waals surface area (Å²) in [6.45, 7) is 16.5. The van der Waals surface area contributed by atoms with E-state index in [1.165, 1.54) is 36.0 Å². The molecule has 0 unspecified atom stereocenters. The molecule has 20 heavy (non-hydrogen) atoms. The highest BCUT2D eigenvalue weighted by Gasteiger charge is 1.92. The van der Waals surface area contributed by atoms with Gasteiger partial charge in [-0.05, 0) is 66.2 Å². The SMILES string of the molecule is C=CC(=C)CCC=C(C)CCC=C(C)CCC=C(C)C. The van der Waals surface area contributed by atoms with Crippen LogP contribution in [0.25, 0.3) is 0 Å². The third-order valence-corrected chi connectivity index (χ3v) is 3.37. The van der Waals surface area contributed by atoms with Crippen LogP contribution in [-0.2, 0) is 0 Å². The standard InChI is InChI=1S/C20H32/c1-7-18(4)12-9-14-20(6)16-10-15-19(5)13-8-11-17(2)3/h7,11,14-15H,1,4,8-10,12-13,16H2,2-3,5-6H3. The topological polar surface area (TPSA) is 0 Å². The fourth-order valence-electron chi connectivity index (χ4n) is 1.94. The van der Waals surface area contributed by atoms with Gasteiger partial charge in [-0.3, -0.25) is 0 Å². The Morgan fingerprint density at radius 2 is 1.20 bits per heavy atom. The van der Waals surface area contributed by atoms with Crippen molar-refractivity contribution in [2.24, 2.45) is 0 Å². The first-order valence-corrected chi connectivity index (χ1v) is 7.70. The van der Waals surface area contributed by atoms with Crippen LogP contribution >= 0.6 is 0 Å². The van der Waals surface area contributed by atoms with E-state index in [-0.39, 0.29) is 0 Å². The number of allylic oxidation sites excluding steroid dienone is 8. The highest BCUT2D eigenvalue weighted by Crippen LogP contribution is 2.13. The van der Waals surface area contributed by atoms with Crippen molar-refractivity contribution in [3.05, 3.63) is 59.8 Å². The Kier molecular flexibility index (Phi) is 10.8. The molecule has 0 N–H and O–H groups in total. The van der Waals surface area contributed by atoms with Crippen LogP contribution in [0.2, 0.25) is 0 Å². The van der Waals surface area contributed by atoms with Crippen molar-refractivity contribution >= 4 is 0 Å². The third kappa shape index (κ3) is 11.8. The van der Waals surface area contributed by atoms with E-state index in [0.717, 1.165) is 24.8 Å². The molecule has 0 heterocycles. The molecule has 0 rings (SSSR count). The van der Waals surface area contributed by atoms with Gasteiger partial charge in [-0.2, -0.15) is 0 Å². The van der Waals surface area contributed by atoms with E-state index in [2.05, 4.69) is 59.1 Å². The molecule has 0 bridgehead atoms. The van der Waals surface area contributed by atoms with Gasteiger partial charge in [-0.1, -0.05) is 59.8 Å². The van der Waals surface area contributed by atoms with Crippen LogP contribution in [0.15, 0.2) is 59.8 Å². The Hall–Kier alpha value is -1.30. The van der Waals surface area contributed by atoms with Crippen LogP contribution < -0.4 is 0 Å². The van der Waals surface area contributed by atoms with Gasteiger partial charge in [0.05, 0.1) is 0 Å². The van der Waals surface area contributed by atoms with Gasteiger partial charge in [0.25, 0.3) is 0 Å². The third-order valence-electron chi connectivity index (χ3n) is 3.37. The van der Waals surface area contributed by atoms with E-state index in [0.29, 0.717) is 0 Å². The summed E-state index contributed by atoms with van der Waals surface area (Å²) < 4.78 is 0. The Labute approximate surface area is 126 Å². The zero-order chi connectivity index (χ0) is 15.4. The van der Waals surface area contributed by atoms with Crippen LogP contribution in [0.4, 0.5) is 0 Å². The van der Waals surface area contributed by atoms with Gasteiger partial charge >= 0.3 is 0 Å². The monoisotopic (exact) mass is 272 g/mol. The van der Waals surface area contributed by atoms with Crippen LogP contribution in [-0.4, -0.2) is 0 Å². The Bertz CT molecular complexity index is 384. The van der Waals surface area contributed by atoms with Crippen molar-refractivity contribution in [2.75, 3.05) is 0 Å². The Balaban J connectivity index is 3.90. The molecule has 0 heteroatoms. The maximum Gasteiger partial charge on any atom is -0.0250 e. The first-order valence-electron chi connectivity index (χ1n) is 7.70. The van der Waals surface area contributed by atoms with E-state index in [1.54, 1.807) is 0 Å². The first-order chi connectivity index (χ1) is 9.45. The fourth-order valence-corrected chi connectivity index (χ4v) is 1.94. The zero-order valence-electron chi connectivity index (χ0n) is 14.0. The lowest BCUT2D eigenvalue weighted by Gasteiger charge is -2.02. The van der Waals surface area contributed by atoms with Crippen molar-refractivity contribution in [3.63, 3.8) is 0 Å². The second-order valence-corrected chi connectivity index (χ2v) is 5.86. The molecular weight excluding hydrogens is 240 g/mol. The predicted molar refractivity (Wildman–Crippen MR) is 94.0 cm³/mol. The average molecular weight is 272 g/mol. The smallest absolute Gasteiger partial charge is 0.0250 e. The van der Waals surface area contributed by atoms with E-state index in [1.807, 2.05) is 6.08 Å². The van der Waals surface area contributed by atoms with E-state index in [9.17, 15) is 0 Å². The Morgan fingerprint density at radius 3 is 1.65 bits per heavy atom. The lowest BCUT2D eigenvalue weighted by atomic mass is 10.0. The van der Waals surface area contributed by atoms with E-state index >= 15 is 0 Å². The summed E-state index contributed by atoms with van der Waals surface area (Å²) >= 11 is 0. The quantitative estimate of drug-likeness (QED) is 0.299. The molecule has 0 aliphatic rings. The van der Waals surface area contributed by atoms with Gasteiger partial charge < -0.3 is 0 Å². The lowest BCUT2D eigenvalue weighted by molar-refractivity contribution is 0.904. The minimum atomic E-state index is 1.03. The molecule has 0 spiro atoms. The van der Waals surface area contributed by atoms with Crippen LogP contribution in [0, 0.1) is 0 Å². The molecule has 112 valence electrons. The van der Waals surface area contributed by atoms with E-state index in [4.69, 9.17) is 0 Å². The molecule has 0 aliphatic carbocycles. The van der Waals surface area contributed by atoms with Gasteiger partial charge in [0.1, 0.15) is 0 Å². The van der Waals surface area contributed by atoms with Gasteiger partial charge in [0.2, 0.25) is 0 Å². The molecule has 0 aromatic heterocycles. The summed E-state index contributed by atoms with van der Waals surface area (Å²) in [6, 6.07) is 0. The predicted octanol–water partition coefficient (Wildman–Crippen LogP) is 6.93. The minimum absolute atomic E-state index is 1.03. The maximum atomic E-state index is 3.93. The van der Waals surface area contributed by atoms with Gasteiger partial charge in [-0.25, -0.2) is 0 Å². The lowest BCUT2D eigenvalue weighted by Crippen LogP contribution is -1.81. The molecule has 0 aromatic carbocycles. The Morgan fingerprint density at radius 1 is 0.750 bits per heavy atom. The highest BCUT2D eigenvalue weighted by atomic mass is 14.0. The molecule has 0 nitrogen and oxygen atoms in total. The molecule has 0 radical (unpaired) electrons. The molecular formula is C20H32. The number of hydrogen-bond donors (Lipinski definition) is 0. The summed E-state index contributed by atoms with van der Waals surface area (Å²) in [7, 11) is 0. The molecule has 0 fully saturated rings. The van der Waals surface area contributed by atoms with Gasteiger partial charge in [0.15, 0.2) is 0 Å². The summed E-state index contributed by atoms with van der Waals surface area (Å²) in [5.41, 5.74) is 5.53. The second kappa shape index (κ2) is 11.5. The van der Waals surface area contributed by atoms with Crippen molar-refractivity contribution in [1.82, 2.24) is 0 Å². The summed E-state index contributed by atoms with van der Waals surface area (Å²) in [6.07, 6.45) is 15.7. The molecule has 0 amide bonds. The zero-order valence-corrected chi connectivity index (χ0v) is 14.0. The number of hydrogen-bond acceptors (Lipinski definition) is 0. The molecule has 0 aromatic rings. The largest absolute Gasteiger partial charge is 0.0988 e. The maximum absolute atomic E-state index is 3.93. The molecule has 0 saturated heterocycles. The first kappa shape index (κ1) is 18.7. The van der Waals surface area contributed by atoms with Crippen molar-refractivity contribution in [3.8, 4) is 0 Å². The van der Waals surface area contributed by atoms with Gasteiger partial charge in [-0.15, -0.1) is 0 Å². The van der Waals surface area contributed by atoms with Crippen LogP contribution in [0.1, 0.15) is 66.2 Å². The highest BCUT2D eigenvalue weighted by molar-refractivity contribution is 5.12. The normalized spacial score (nSPS) is 12.2. The van der Waals surface area contributed by atoms with E-state index < -0.39 is 0 Å². The van der Waals surface area contributed by atoms with Crippen LogP contribution in [0.5, 0.6) is 0 Å². The fraction of sp³-hybridized carbons (Fsp3) is 0.500. The van der Waals surface area contributed by atoms with Crippen molar-refractivity contribution in [1.29, 1.82) is 0 Å². The van der Waals surface area contributed by atoms with Gasteiger partial charge in [0, 0.05) is 0 Å². The average Bonchev–Trinajstić information content (AvgIpc) is 2.38. The number of rotatable bonds is 10. The summed E-state index contributed by atoms with van der Waals surface area (Å²) in [4.78, 5) is 0. The van der Waals surface area contributed by atoms with Crippen molar-refractivity contribution in [2.45, 2.75) is 66.2 Å². The molecule has 0 atom stereocenters. The summed E-state index contributed by atoms with van der Waals surface area (Å²) in [5, 5.41) is 0. The second-order valence-electron chi connectivity index (χ2n) is 5.86. The molecule has 0 saturated carbocycles. The molecule has 0 aliphatic heterocycles. The van der Waals surface area contributed by atoms with Crippen LogP contribution in [0.3, 0.4) is 0 Å². The minimum Gasteiger partial charge on any atom is -0.0988 e. The summed E-state index contributed by atoms with van der Waals surface area (Å²) in [5.74, 6) is 0.